The van der Waals surface area contributed by atoms with Crippen LogP contribution in [0.3, 0.4) is 0 Å². The Labute approximate surface area is 109 Å². The van der Waals surface area contributed by atoms with Crippen molar-refractivity contribution in [1.82, 2.24) is 4.31 Å². The van der Waals surface area contributed by atoms with Gasteiger partial charge in [0.15, 0.2) is 0 Å². The number of benzene rings is 1. The Morgan fingerprint density at radius 1 is 1.53 bits per heavy atom. The van der Waals surface area contributed by atoms with Gasteiger partial charge < -0.3 is 11.1 Å². The molecule has 1 aromatic carbocycles. The van der Waals surface area contributed by atoms with Crippen LogP contribution in [-0.2, 0) is 4.79 Å². The maximum atomic E-state index is 11.6. The van der Waals surface area contributed by atoms with Gasteiger partial charge in [0.05, 0.1) is 0 Å². The number of amides is 3. The lowest BCUT2D eigenvalue weighted by atomic mass is 10.2. The van der Waals surface area contributed by atoms with Gasteiger partial charge in [0.25, 0.3) is 0 Å². The summed E-state index contributed by atoms with van der Waals surface area (Å²) in [6.07, 6.45) is 0. The summed E-state index contributed by atoms with van der Waals surface area (Å²) in [6, 6.07) is 4.58. The first-order valence-corrected chi connectivity index (χ1v) is 5.50. The van der Waals surface area contributed by atoms with Crippen LogP contribution < -0.4 is 11.1 Å². The Morgan fingerprint density at radius 2 is 2.18 bits per heavy atom. The van der Waals surface area contributed by atoms with Crippen molar-refractivity contribution in [2.75, 3.05) is 11.9 Å². The average molecular weight is 274 g/mol. The van der Waals surface area contributed by atoms with E-state index in [0.29, 0.717) is 10.7 Å². The predicted octanol–water partition coefficient (Wildman–Crippen LogP) is 1.81. The molecule has 0 aliphatic carbocycles. The van der Waals surface area contributed by atoms with E-state index in [0.717, 1.165) is 9.87 Å². The average Bonchev–Trinajstić information content (AvgIpc) is 2.23. The number of rotatable bonds is 3. The van der Waals surface area contributed by atoms with Gasteiger partial charge in [0.1, 0.15) is 6.54 Å². The number of hydrogen-bond acceptors (Lipinski definition) is 3. The van der Waals surface area contributed by atoms with Crippen molar-refractivity contribution in [3.05, 3.63) is 28.8 Å². The van der Waals surface area contributed by atoms with Gasteiger partial charge in [0.2, 0.25) is 5.91 Å². The zero-order valence-corrected chi connectivity index (χ0v) is 10.8. The minimum absolute atomic E-state index is 0.269. The fourth-order valence-electron chi connectivity index (χ4n) is 1.14. The van der Waals surface area contributed by atoms with Crippen molar-refractivity contribution < 1.29 is 9.59 Å². The van der Waals surface area contributed by atoms with Crippen LogP contribution in [0.15, 0.2) is 18.2 Å². The fourth-order valence-corrected chi connectivity index (χ4v) is 1.51. The molecule has 0 radical (unpaired) electrons. The lowest BCUT2D eigenvalue weighted by Crippen LogP contribution is -2.34. The number of anilines is 1. The van der Waals surface area contributed by atoms with E-state index in [2.05, 4.69) is 18.1 Å². The van der Waals surface area contributed by atoms with E-state index < -0.39 is 11.9 Å². The zero-order chi connectivity index (χ0) is 13.0. The molecule has 17 heavy (non-hydrogen) atoms. The topological polar surface area (TPSA) is 75.4 Å². The van der Waals surface area contributed by atoms with Gasteiger partial charge in [-0.2, -0.15) is 0 Å². The van der Waals surface area contributed by atoms with E-state index in [9.17, 15) is 9.59 Å². The molecule has 0 heterocycles. The first kappa shape index (κ1) is 13.7. The molecule has 0 aliphatic rings. The summed E-state index contributed by atoms with van der Waals surface area (Å²) in [7, 11) is 0. The van der Waals surface area contributed by atoms with Gasteiger partial charge in [-0.25, -0.2) is 4.79 Å². The minimum atomic E-state index is -0.641. The Balaban J connectivity index is 2.74. The highest BCUT2D eigenvalue weighted by atomic mass is 35.5. The molecule has 1 aromatic rings. The number of carbonyl (C=O) groups is 2. The van der Waals surface area contributed by atoms with Gasteiger partial charge >= 0.3 is 6.03 Å². The van der Waals surface area contributed by atoms with E-state index in [1.54, 1.807) is 25.1 Å². The van der Waals surface area contributed by atoms with E-state index in [1.165, 1.54) is 0 Å². The Bertz CT molecular complexity index is 453. The molecule has 3 N–H and O–H groups in total. The molecule has 3 amide bonds. The molecule has 0 aromatic heterocycles. The zero-order valence-electron chi connectivity index (χ0n) is 9.11. The third kappa shape index (κ3) is 3.83. The molecule has 1 rings (SSSR count). The monoisotopic (exact) mass is 273 g/mol. The van der Waals surface area contributed by atoms with Crippen LogP contribution in [0.25, 0.3) is 0 Å². The summed E-state index contributed by atoms with van der Waals surface area (Å²) in [5, 5.41) is 3.12. The summed E-state index contributed by atoms with van der Waals surface area (Å²) in [4.78, 5) is 22.2. The smallest absolute Gasteiger partial charge is 0.332 e. The first-order valence-electron chi connectivity index (χ1n) is 4.72. The molecule has 0 saturated heterocycles. The number of hydrogen-bond donors (Lipinski definition) is 3. The minimum Gasteiger partial charge on any atom is -0.368 e. The molecule has 0 aliphatic heterocycles. The third-order valence-electron chi connectivity index (χ3n) is 2.05. The maximum absolute atomic E-state index is 11.6. The normalized spacial score (nSPS) is 9.82. The molecule has 7 heteroatoms. The SMILES string of the molecule is Cc1c(Cl)cccc1NC(=O)N(S)CC(N)=O. The van der Waals surface area contributed by atoms with Crippen molar-refractivity contribution >= 4 is 42.0 Å². The number of nitrogens with one attached hydrogen (secondary N) is 1. The van der Waals surface area contributed by atoms with Crippen LogP contribution in [0, 0.1) is 6.92 Å². The van der Waals surface area contributed by atoms with Crippen molar-refractivity contribution in [1.29, 1.82) is 0 Å². The third-order valence-corrected chi connectivity index (χ3v) is 2.78. The Hall–Kier alpha value is -1.40. The molecule has 92 valence electrons. The van der Waals surface area contributed by atoms with E-state index in [4.69, 9.17) is 17.3 Å². The van der Waals surface area contributed by atoms with Crippen LogP contribution in [-0.4, -0.2) is 22.8 Å². The highest BCUT2D eigenvalue weighted by Gasteiger charge is 2.13. The van der Waals surface area contributed by atoms with Gasteiger partial charge in [-0.05, 0) is 24.6 Å². The van der Waals surface area contributed by atoms with Crippen molar-refractivity contribution in [2.45, 2.75) is 6.92 Å². The predicted molar refractivity (Wildman–Crippen MR) is 70.1 cm³/mol. The van der Waals surface area contributed by atoms with Crippen LogP contribution in [0.2, 0.25) is 5.02 Å². The number of nitrogens with two attached hydrogens (primary N) is 1. The first-order chi connectivity index (χ1) is 7.91. The number of primary amides is 1. The number of thiol groups is 1. The molecule has 0 atom stereocenters. The van der Waals surface area contributed by atoms with E-state index in [-0.39, 0.29) is 6.54 Å². The second-order valence-corrected chi connectivity index (χ2v) is 4.26. The summed E-state index contributed by atoms with van der Waals surface area (Å²) >= 11 is 9.75. The number of halogens is 1. The molecule has 0 spiro atoms. The lowest BCUT2D eigenvalue weighted by Gasteiger charge is -2.16. The van der Waals surface area contributed by atoms with Crippen molar-refractivity contribution in [3.63, 3.8) is 0 Å². The van der Waals surface area contributed by atoms with E-state index in [1.807, 2.05) is 0 Å². The fraction of sp³-hybridized carbons (Fsp3) is 0.200. The molecule has 0 bridgehead atoms. The van der Waals surface area contributed by atoms with Crippen LogP contribution in [0.1, 0.15) is 5.56 Å². The highest BCUT2D eigenvalue weighted by molar-refractivity contribution is 7.78. The standard InChI is InChI=1S/C10H12ClN3O2S/c1-6-7(11)3-2-4-8(6)13-10(16)14(17)5-9(12)15/h2-4,17H,5H2,1H3,(H2,12,15)(H,13,16). The Morgan fingerprint density at radius 3 is 2.76 bits per heavy atom. The molecule has 5 nitrogen and oxygen atoms in total. The Kier molecular flexibility index (Phi) is 4.65. The van der Waals surface area contributed by atoms with Gasteiger partial charge in [0, 0.05) is 10.7 Å². The van der Waals surface area contributed by atoms with Crippen LogP contribution >= 0.6 is 24.4 Å². The van der Waals surface area contributed by atoms with Crippen molar-refractivity contribution in [3.8, 4) is 0 Å². The summed E-state index contributed by atoms with van der Waals surface area (Å²) < 4.78 is 0.892. The lowest BCUT2D eigenvalue weighted by molar-refractivity contribution is -0.117. The second kappa shape index (κ2) is 5.79. The molecule has 0 saturated carbocycles. The van der Waals surface area contributed by atoms with Gasteiger partial charge in [-0.3, -0.25) is 9.10 Å². The van der Waals surface area contributed by atoms with Gasteiger partial charge in [-0.1, -0.05) is 30.5 Å². The molecule has 0 fully saturated rings. The largest absolute Gasteiger partial charge is 0.368 e. The molecular formula is C10H12ClN3O2S. The number of urea groups is 1. The number of carbonyl (C=O) groups excluding carboxylic acids is 2. The quantitative estimate of drug-likeness (QED) is 0.735. The van der Waals surface area contributed by atoms with E-state index >= 15 is 0 Å². The molecular weight excluding hydrogens is 262 g/mol. The van der Waals surface area contributed by atoms with Crippen molar-refractivity contribution in [2.24, 2.45) is 5.73 Å². The van der Waals surface area contributed by atoms with Crippen LogP contribution in [0.4, 0.5) is 10.5 Å². The highest BCUT2D eigenvalue weighted by Crippen LogP contribution is 2.23. The summed E-state index contributed by atoms with van der Waals surface area (Å²) in [5.74, 6) is -0.641. The van der Waals surface area contributed by atoms with Gasteiger partial charge in [-0.15, -0.1) is 0 Å². The second-order valence-electron chi connectivity index (χ2n) is 3.37. The van der Waals surface area contributed by atoms with Crippen LogP contribution in [0.5, 0.6) is 0 Å². The summed E-state index contributed by atoms with van der Waals surface area (Å²) in [6.45, 7) is 1.50. The number of nitrogens with zero attached hydrogens (tertiary/aromatic N) is 1. The summed E-state index contributed by atoms with van der Waals surface area (Å²) in [5.41, 5.74) is 6.25. The molecule has 0 unspecified atom stereocenters. The maximum Gasteiger partial charge on any atom is 0.332 e.